The van der Waals surface area contributed by atoms with E-state index in [4.69, 9.17) is 4.74 Å². The van der Waals surface area contributed by atoms with E-state index in [0.29, 0.717) is 23.5 Å². The summed E-state index contributed by atoms with van der Waals surface area (Å²) in [5.41, 5.74) is 2.02. The van der Waals surface area contributed by atoms with Gasteiger partial charge in [0.15, 0.2) is 0 Å². The molecule has 2 aromatic carbocycles. The average molecular weight is 289 g/mol. The third-order valence-electron chi connectivity index (χ3n) is 3.02. The topological polar surface area (TPSA) is 47.6 Å². The van der Waals surface area contributed by atoms with Crippen molar-refractivity contribution in [3.8, 4) is 5.75 Å². The van der Waals surface area contributed by atoms with E-state index in [-0.39, 0.29) is 11.8 Å². The maximum absolute atomic E-state index is 13.2. The van der Waals surface area contributed by atoms with E-state index in [0.717, 1.165) is 5.56 Å². The highest BCUT2D eigenvalue weighted by atomic mass is 19.1. The minimum Gasteiger partial charge on any atom is -0.495 e. The molecule has 2 aromatic rings. The number of benzene rings is 2. The molecule has 1 N–H and O–H groups in total. The van der Waals surface area contributed by atoms with E-state index in [1.54, 1.807) is 18.2 Å². The Morgan fingerprint density at radius 1 is 1.14 bits per heavy atom. The quantitative estimate of drug-likeness (QED) is 0.858. The number of carbonyl (C=O) groups excluding carboxylic acids is 1. The van der Waals surface area contributed by atoms with Gasteiger partial charge >= 0.3 is 5.97 Å². The Bertz CT molecular complexity index is 626. The lowest BCUT2D eigenvalue weighted by Gasteiger charge is -2.11. The molecule has 0 radical (unpaired) electrons. The first-order valence-corrected chi connectivity index (χ1v) is 6.38. The Hall–Kier alpha value is -2.56. The zero-order valence-corrected chi connectivity index (χ0v) is 11.9. The van der Waals surface area contributed by atoms with Crippen molar-refractivity contribution in [2.24, 2.45) is 0 Å². The fourth-order valence-electron chi connectivity index (χ4n) is 1.89. The molecule has 0 fully saturated rings. The summed E-state index contributed by atoms with van der Waals surface area (Å²) in [7, 11) is 2.87. The lowest BCUT2D eigenvalue weighted by atomic mass is 10.1. The molecular formula is C16H16FNO3. The van der Waals surface area contributed by atoms with Crippen LogP contribution in [0.4, 0.5) is 10.1 Å². The van der Waals surface area contributed by atoms with Crippen LogP contribution in [0, 0.1) is 5.82 Å². The van der Waals surface area contributed by atoms with Gasteiger partial charge in [-0.25, -0.2) is 9.18 Å². The largest absolute Gasteiger partial charge is 0.495 e. The normalized spacial score (nSPS) is 10.0. The Balaban J connectivity index is 2.06. The van der Waals surface area contributed by atoms with Crippen molar-refractivity contribution in [3.63, 3.8) is 0 Å². The van der Waals surface area contributed by atoms with E-state index in [1.807, 2.05) is 12.1 Å². The van der Waals surface area contributed by atoms with Crippen molar-refractivity contribution < 1.29 is 18.7 Å². The van der Waals surface area contributed by atoms with Gasteiger partial charge in [0.2, 0.25) is 0 Å². The number of hydrogen-bond donors (Lipinski definition) is 1. The molecule has 0 aliphatic carbocycles. The molecule has 0 spiro atoms. The van der Waals surface area contributed by atoms with E-state index in [2.05, 4.69) is 10.1 Å². The number of hydrogen-bond acceptors (Lipinski definition) is 4. The summed E-state index contributed by atoms with van der Waals surface area (Å²) in [6.45, 7) is 0.487. The average Bonchev–Trinajstić information content (AvgIpc) is 2.52. The number of nitrogens with one attached hydrogen (secondary N) is 1. The standard InChI is InChI=1S/C16H16FNO3/c1-20-15-8-7-13(17)9-14(15)18-10-11-3-5-12(6-4-11)16(19)21-2/h3-9,18H,10H2,1-2H3. The Kier molecular flexibility index (Phi) is 4.77. The molecule has 0 aromatic heterocycles. The highest BCUT2D eigenvalue weighted by Crippen LogP contribution is 2.25. The molecule has 2 rings (SSSR count). The number of anilines is 1. The van der Waals surface area contributed by atoms with Crippen molar-refractivity contribution >= 4 is 11.7 Å². The Morgan fingerprint density at radius 3 is 2.48 bits per heavy atom. The van der Waals surface area contributed by atoms with E-state index in [1.165, 1.54) is 26.4 Å². The molecule has 21 heavy (non-hydrogen) atoms. The van der Waals surface area contributed by atoms with Gasteiger partial charge in [0.25, 0.3) is 0 Å². The molecule has 0 unspecified atom stereocenters. The lowest BCUT2D eigenvalue weighted by molar-refractivity contribution is 0.0600. The molecule has 4 nitrogen and oxygen atoms in total. The Morgan fingerprint density at radius 2 is 1.86 bits per heavy atom. The summed E-state index contributed by atoms with van der Waals surface area (Å²) in [6, 6.07) is 11.3. The second-order valence-corrected chi connectivity index (χ2v) is 4.39. The maximum atomic E-state index is 13.2. The van der Waals surface area contributed by atoms with E-state index in [9.17, 15) is 9.18 Å². The first-order valence-electron chi connectivity index (χ1n) is 6.38. The second kappa shape index (κ2) is 6.74. The third kappa shape index (κ3) is 3.72. The molecule has 0 bridgehead atoms. The van der Waals surface area contributed by atoms with Gasteiger partial charge in [-0.3, -0.25) is 0 Å². The Labute approximate surface area is 122 Å². The van der Waals surface area contributed by atoms with Crippen LogP contribution in [-0.2, 0) is 11.3 Å². The minimum atomic E-state index is -0.374. The van der Waals surface area contributed by atoms with Crippen molar-refractivity contribution in [1.29, 1.82) is 0 Å². The van der Waals surface area contributed by atoms with Crippen LogP contribution in [0.3, 0.4) is 0 Å². The molecule has 0 heterocycles. The number of ether oxygens (including phenoxy) is 2. The highest BCUT2D eigenvalue weighted by Gasteiger charge is 2.06. The van der Waals surface area contributed by atoms with Gasteiger partial charge in [-0.2, -0.15) is 0 Å². The van der Waals surface area contributed by atoms with Crippen LogP contribution in [-0.4, -0.2) is 20.2 Å². The van der Waals surface area contributed by atoms with Crippen molar-refractivity contribution in [1.82, 2.24) is 0 Å². The lowest BCUT2D eigenvalue weighted by Crippen LogP contribution is -2.04. The molecule has 0 aliphatic rings. The first kappa shape index (κ1) is 14.8. The van der Waals surface area contributed by atoms with Crippen LogP contribution in [0.2, 0.25) is 0 Å². The molecule has 0 aliphatic heterocycles. The maximum Gasteiger partial charge on any atom is 0.337 e. The van der Waals surface area contributed by atoms with Crippen LogP contribution in [0.25, 0.3) is 0 Å². The van der Waals surface area contributed by atoms with Gasteiger partial charge in [-0.15, -0.1) is 0 Å². The molecule has 0 saturated carbocycles. The molecular weight excluding hydrogens is 273 g/mol. The second-order valence-electron chi connectivity index (χ2n) is 4.39. The number of carbonyl (C=O) groups is 1. The molecule has 0 amide bonds. The zero-order valence-electron chi connectivity index (χ0n) is 11.9. The van der Waals surface area contributed by atoms with Crippen molar-refractivity contribution in [2.45, 2.75) is 6.54 Å². The van der Waals surface area contributed by atoms with Crippen LogP contribution in [0.15, 0.2) is 42.5 Å². The smallest absolute Gasteiger partial charge is 0.337 e. The zero-order chi connectivity index (χ0) is 15.2. The van der Waals surface area contributed by atoms with Gasteiger partial charge in [0.05, 0.1) is 25.5 Å². The summed E-state index contributed by atoms with van der Waals surface area (Å²) in [6.07, 6.45) is 0. The van der Waals surface area contributed by atoms with Crippen molar-refractivity contribution in [3.05, 3.63) is 59.4 Å². The van der Waals surface area contributed by atoms with Gasteiger partial charge in [0, 0.05) is 12.6 Å². The van der Waals surface area contributed by atoms with Gasteiger partial charge < -0.3 is 14.8 Å². The van der Waals surface area contributed by atoms with Crippen molar-refractivity contribution in [2.75, 3.05) is 19.5 Å². The van der Waals surface area contributed by atoms with E-state index >= 15 is 0 Å². The summed E-state index contributed by atoms with van der Waals surface area (Å²) in [5, 5.41) is 3.10. The monoisotopic (exact) mass is 289 g/mol. The predicted molar refractivity (Wildman–Crippen MR) is 78.1 cm³/mol. The molecule has 5 heteroatoms. The van der Waals surface area contributed by atoms with E-state index < -0.39 is 0 Å². The third-order valence-corrected chi connectivity index (χ3v) is 3.02. The van der Waals surface area contributed by atoms with Crippen LogP contribution in [0.1, 0.15) is 15.9 Å². The molecule has 0 atom stereocenters. The van der Waals surface area contributed by atoms with Crippen LogP contribution in [0.5, 0.6) is 5.75 Å². The summed E-state index contributed by atoms with van der Waals surface area (Å²) in [4.78, 5) is 11.3. The minimum absolute atomic E-state index is 0.334. The summed E-state index contributed by atoms with van der Waals surface area (Å²) >= 11 is 0. The van der Waals surface area contributed by atoms with Gasteiger partial charge in [-0.1, -0.05) is 12.1 Å². The number of halogens is 1. The fourth-order valence-corrected chi connectivity index (χ4v) is 1.89. The van der Waals surface area contributed by atoms with Gasteiger partial charge in [0.1, 0.15) is 11.6 Å². The van der Waals surface area contributed by atoms with Crippen LogP contribution >= 0.6 is 0 Å². The summed E-state index contributed by atoms with van der Waals surface area (Å²) < 4.78 is 23.0. The van der Waals surface area contributed by atoms with Crippen LogP contribution < -0.4 is 10.1 Å². The number of esters is 1. The fraction of sp³-hybridized carbons (Fsp3) is 0.188. The first-order chi connectivity index (χ1) is 10.1. The SMILES string of the molecule is COC(=O)c1ccc(CNc2cc(F)ccc2OC)cc1. The molecule has 0 saturated heterocycles. The van der Waals surface area contributed by atoms with Gasteiger partial charge in [-0.05, 0) is 29.8 Å². The summed E-state index contributed by atoms with van der Waals surface area (Å²) in [5.74, 6) is -0.136. The number of methoxy groups -OCH3 is 2. The highest BCUT2D eigenvalue weighted by molar-refractivity contribution is 5.89. The number of rotatable bonds is 5. The predicted octanol–water partition coefficient (Wildman–Crippen LogP) is 3.23. The molecule has 110 valence electrons.